The van der Waals surface area contributed by atoms with Gasteiger partial charge in [0.25, 0.3) is 0 Å². The van der Waals surface area contributed by atoms with E-state index in [2.05, 4.69) is 4.98 Å². The Balaban J connectivity index is 2.52. The lowest BCUT2D eigenvalue weighted by Gasteiger charge is -2.10. The highest BCUT2D eigenvalue weighted by molar-refractivity contribution is 6.01. The van der Waals surface area contributed by atoms with E-state index >= 15 is 0 Å². The van der Waals surface area contributed by atoms with Crippen molar-refractivity contribution in [2.45, 2.75) is 32.5 Å². The third-order valence-electron chi connectivity index (χ3n) is 3.02. The second-order valence-electron chi connectivity index (χ2n) is 4.38. The molecule has 0 atom stereocenters. The third kappa shape index (κ3) is 2.76. The van der Waals surface area contributed by atoms with Crippen LogP contribution in [0.15, 0.2) is 18.2 Å². The van der Waals surface area contributed by atoms with Crippen molar-refractivity contribution in [3.05, 3.63) is 29.6 Å². The standard InChI is InChI=1S/C13H13F3N2O2/c1-2-10-17-11-8(12(19)20)4-3-5-9(11)18(10)7-6-13(14,15)16/h3-5H,2,6-7H2,1H3,(H,19,20). The van der Waals surface area contributed by atoms with E-state index in [1.807, 2.05) is 0 Å². The molecule has 0 amide bonds. The topological polar surface area (TPSA) is 55.1 Å². The van der Waals surface area contributed by atoms with E-state index in [1.54, 1.807) is 13.0 Å². The molecule has 0 aliphatic rings. The summed E-state index contributed by atoms with van der Waals surface area (Å²) >= 11 is 0. The van der Waals surface area contributed by atoms with Crippen molar-refractivity contribution in [3.8, 4) is 0 Å². The Morgan fingerprint density at radius 2 is 2.10 bits per heavy atom. The summed E-state index contributed by atoms with van der Waals surface area (Å²) in [5, 5.41) is 9.09. The number of fused-ring (bicyclic) bond motifs is 1. The fraction of sp³-hybridized carbons (Fsp3) is 0.385. The molecule has 0 saturated heterocycles. The molecular formula is C13H13F3N2O2. The fourth-order valence-corrected chi connectivity index (χ4v) is 2.13. The van der Waals surface area contributed by atoms with Gasteiger partial charge in [-0.15, -0.1) is 0 Å². The number of imidazole rings is 1. The van der Waals surface area contributed by atoms with Gasteiger partial charge in [-0.3, -0.25) is 0 Å². The molecule has 20 heavy (non-hydrogen) atoms. The van der Waals surface area contributed by atoms with Crippen molar-refractivity contribution in [2.75, 3.05) is 0 Å². The van der Waals surface area contributed by atoms with Gasteiger partial charge in [-0.05, 0) is 12.1 Å². The highest BCUT2D eigenvalue weighted by Gasteiger charge is 2.27. The zero-order chi connectivity index (χ0) is 14.9. The Morgan fingerprint density at radius 3 is 2.65 bits per heavy atom. The predicted octanol–water partition coefficient (Wildman–Crippen LogP) is 3.25. The maximum Gasteiger partial charge on any atom is 0.390 e. The predicted molar refractivity (Wildman–Crippen MR) is 66.7 cm³/mol. The molecule has 1 aromatic heterocycles. The largest absolute Gasteiger partial charge is 0.478 e. The lowest BCUT2D eigenvalue weighted by Crippen LogP contribution is -2.13. The van der Waals surface area contributed by atoms with Crippen molar-refractivity contribution in [1.29, 1.82) is 0 Å². The Kier molecular flexibility index (Phi) is 3.69. The molecule has 7 heteroatoms. The van der Waals surface area contributed by atoms with Crippen LogP contribution >= 0.6 is 0 Å². The van der Waals surface area contributed by atoms with Gasteiger partial charge in [-0.2, -0.15) is 13.2 Å². The van der Waals surface area contributed by atoms with Crippen LogP contribution < -0.4 is 0 Å². The maximum atomic E-state index is 12.4. The lowest BCUT2D eigenvalue weighted by atomic mass is 10.2. The molecule has 0 fully saturated rings. The average Bonchev–Trinajstić information content (AvgIpc) is 2.72. The van der Waals surface area contributed by atoms with E-state index in [0.717, 1.165) is 0 Å². The van der Waals surface area contributed by atoms with E-state index in [0.29, 0.717) is 17.8 Å². The number of hydrogen-bond acceptors (Lipinski definition) is 2. The van der Waals surface area contributed by atoms with Crippen molar-refractivity contribution < 1.29 is 23.1 Å². The summed E-state index contributed by atoms with van der Waals surface area (Å²) in [7, 11) is 0. The number of aromatic carboxylic acids is 1. The molecule has 2 rings (SSSR count). The Bertz CT molecular complexity index is 647. The van der Waals surface area contributed by atoms with Gasteiger partial charge in [0.1, 0.15) is 11.3 Å². The van der Waals surface area contributed by atoms with Gasteiger partial charge in [0, 0.05) is 13.0 Å². The lowest BCUT2D eigenvalue weighted by molar-refractivity contribution is -0.136. The molecule has 0 aliphatic carbocycles. The van der Waals surface area contributed by atoms with Crippen LogP contribution in [0.3, 0.4) is 0 Å². The first-order valence-electron chi connectivity index (χ1n) is 6.11. The van der Waals surface area contributed by atoms with Crippen molar-refractivity contribution in [2.24, 2.45) is 0 Å². The van der Waals surface area contributed by atoms with Gasteiger partial charge in [-0.1, -0.05) is 13.0 Å². The van der Waals surface area contributed by atoms with E-state index in [4.69, 9.17) is 5.11 Å². The number of carbonyl (C=O) groups is 1. The van der Waals surface area contributed by atoms with Crippen molar-refractivity contribution in [3.63, 3.8) is 0 Å². The molecule has 1 heterocycles. The summed E-state index contributed by atoms with van der Waals surface area (Å²) in [5.74, 6) is -0.684. The summed E-state index contributed by atoms with van der Waals surface area (Å²) < 4.78 is 38.5. The fourth-order valence-electron chi connectivity index (χ4n) is 2.13. The van der Waals surface area contributed by atoms with E-state index < -0.39 is 18.6 Å². The van der Waals surface area contributed by atoms with Gasteiger partial charge < -0.3 is 9.67 Å². The molecule has 0 unspecified atom stereocenters. The Morgan fingerprint density at radius 1 is 1.40 bits per heavy atom. The van der Waals surface area contributed by atoms with E-state index in [9.17, 15) is 18.0 Å². The van der Waals surface area contributed by atoms with Gasteiger partial charge >= 0.3 is 12.1 Å². The second kappa shape index (κ2) is 5.15. The number of benzene rings is 1. The first kappa shape index (κ1) is 14.4. The van der Waals surface area contributed by atoms with Crippen molar-refractivity contribution >= 4 is 17.0 Å². The van der Waals surface area contributed by atoms with E-state index in [1.165, 1.54) is 16.7 Å². The van der Waals surface area contributed by atoms with Crippen LogP contribution in [0.2, 0.25) is 0 Å². The first-order valence-corrected chi connectivity index (χ1v) is 6.11. The number of carboxylic acids is 1. The van der Waals surface area contributed by atoms with Gasteiger partial charge in [0.15, 0.2) is 0 Å². The number of hydrogen-bond donors (Lipinski definition) is 1. The third-order valence-corrected chi connectivity index (χ3v) is 3.02. The maximum absolute atomic E-state index is 12.4. The number of nitrogens with zero attached hydrogens (tertiary/aromatic N) is 2. The molecular weight excluding hydrogens is 273 g/mol. The van der Waals surface area contributed by atoms with E-state index in [-0.39, 0.29) is 17.6 Å². The summed E-state index contributed by atoms with van der Waals surface area (Å²) in [4.78, 5) is 15.3. The zero-order valence-corrected chi connectivity index (χ0v) is 10.7. The molecule has 0 bridgehead atoms. The quantitative estimate of drug-likeness (QED) is 0.938. The minimum atomic E-state index is -4.26. The molecule has 1 N–H and O–H groups in total. The number of aryl methyl sites for hydroxylation is 2. The number of aromatic nitrogens is 2. The molecule has 0 spiro atoms. The molecule has 0 radical (unpaired) electrons. The number of para-hydroxylation sites is 1. The van der Waals surface area contributed by atoms with Gasteiger partial charge in [0.05, 0.1) is 17.5 Å². The number of carboxylic acid groups (broad SMARTS) is 1. The normalized spacial score (nSPS) is 12.0. The number of alkyl halides is 3. The van der Waals surface area contributed by atoms with Crippen LogP contribution in [0.4, 0.5) is 13.2 Å². The van der Waals surface area contributed by atoms with Gasteiger partial charge in [0.2, 0.25) is 0 Å². The minimum Gasteiger partial charge on any atom is -0.478 e. The SMILES string of the molecule is CCc1nc2c(C(=O)O)cccc2n1CCC(F)(F)F. The second-order valence-corrected chi connectivity index (χ2v) is 4.38. The van der Waals surface area contributed by atoms with Crippen LogP contribution in [0.1, 0.15) is 29.5 Å². The van der Waals surface area contributed by atoms with Crippen LogP contribution in [-0.4, -0.2) is 26.8 Å². The van der Waals surface area contributed by atoms with Crippen LogP contribution in [0.25, 0.3) is 11.0 Å². The average molecular weight is 286 g/mol. The molecule has 4 nitrogen and oxygen atoms in total. The molecule has 108 valence electrons. The van der Waals surface area contributed by atoms with Crippen LogP contribution in [0.5, 0.6) is 0 Å². The Labute approximate surface area is 112 Å². The van der Waals surface area contributed by atoms with Gasteiger partial charge in [-0.25, -0.2) is 9.78 Å². The minimum absolute atomic E-state index is 0.00274. The first-order chi connectivity index (χ1) is 9.33. The van der Waals surface area contributed by atoms with Crippen molar-refractivity contribution in [1.82, 2.24) is 9.55 Å². The molecule has 1 aromatic carbocycles. The molecule has 2 aromatic rings. The highest BCUT2D eigenvalue weighted by atomic mass is 19.4. The zero-order valence-electron chi connectivity index (χ0n) is 10.7. The molecule has 0 aliphatic heterocycles. The highest BCUT2D eigenvalue weighted by Crippen LogP contribution is 2.25. The van der Waals surface area contributed by atoms with Crippen LogP contribution in [-0.2, 0) is 13.0 Å². The number of rotatable bonds is 4. The smallest absolute Gasteiger partial charge is 0.390 e. The summed E-state index contributed by atoms with van der Waals surface area (Å²) in [6.45, 7) is 1.51. The summed E-state index contributed by atoms with van der Waals surface area (Å²) in [6.07, 6.45) is -4.79. The number of halogens is 3. The summed E-state index contributed by atoms with van der Waals surface area (Å²) in [5.41, 5.74) is 0.660. The Hall–Kier alpha value is -2.05. The summed E-state index contributed by atoms with van der Waals surface area (Å²) in [6, 6.07) is 4.49. The monoisotopic (exact) mass is 286 g/mol. The molecule has 0 saturated carbocycles. The van der Waals surface area contributed by atoms with Crippen LogP contribution in [0, 0.1) is 0 Å².